The number of unbranched alkanes of at least 4 members (excludes halogenated alkanes) is 13. The van der Waals surface area contributed by atoms with Gasteiger partial charge in [-0.1, -0.05) is 96.8 Å². The van der Waals surface area contributed by atoms with Crippen LogP contribution in [0.5, 0.6) is 0 Å². The highest BCUT2D eigenvalue weighted by Gasteiger charge is 2.21. The molecule has 1 saturated heterocycles. The van der Waals surface area contributed by atoms with Gasteiger partial charge < -0.3 is 10.4 Å². The van der Waals surface area contributed by atoms with Crippen molar-refractivity contribution >= 4 is 0 Å². The zero-order valence-corrected chi connectivity index (χ0v) is 15.8. The summed E-state index contributed by atoms with van der Waals surface area (Å²) < 4.78 is 0. The van der Waals surface area contributed by atoms with E-state index in [1.807, 2.05) is 0 Å². The summed E-state index contributed by atoms with van der Waals surface area (Å²) in [6.07, 6.45) is 22.0. The number of rotatable bonds is 15. The molecule has 0 saturated carbocycles. The number of nitrogens with one attached hydrogen (secondary N) is 1. The molecule has 2 unspecified atom stereocenters. The fourth-order valence-corrected chi connectivity index (χ4v) is 3.80. The lowest BCUT2D eigenvalue weighted by molar-refractivity contribution is 0.0731. The first-order chi connectivity index (χ1) is 11.3. The minimum atomic E-state index is -0.0433. The van der Waals surface area contributed by atoms with Gasteiger partial charge in [-0.15, -0.1) is 0 Å². The molecule has 1 fully saturated rings. The minimum Gasteiger partial charge on any atom is -0.393 e. The Hall–Kier alpha value is -0.0800. The molecule has 1 aliphatic heterocycles. The van der Waals surface area contributed by atoms with Gasteiger partial charge in [-0.05, 0) is 25.3 Å². The summed E-state index contributed by atoms with van der Waals surface area (Å²) in [4.78, 5) is 0. The van der Waals surface area contributed by atoms with Crippen molar-refractivity contribution in [2.75, 3.05) is 13.1 Å². The Bertz CT molecular complexity index is 244. The Kier molecular flexibility index (Phi) is 14.1. The average molecular weight is 326 g/mol. The lowest BCUT2D eigenvalue weighted by atomic mass is 9.90. The third-order valence-corrected chi connectivity index (χ3v) is 5.50. The van der Waals surface area contributed by atoms with Crippen LogP contribution < -0.4 is 5.32 Å². The van der Waals surface area contributed by atoms with Crippen molar-refractivity contribution in [3.05, 3.63) is 0 Å². The van der Waals surface area contributed by atoms with Crippen LogP contribution in [0.1, 0.15) is 110 Å². The highest BCUT2D eigenvalue weighted by Crippen LogP contribution is 2.19. The molecular formula is C21H43NO. The Labute approximate surface area is 145 Å². The van der Waals surface area contributed by atoms with Gasteiger partial charge in [0.05, 0.1) is 6.10 Å². The van der Waals surface area contributed by atoms with E-state index in [1.54, 1.807) is 0 Å². The fourth-order valence-electron chi connectivity index (χ4n) is 3.80. The summed E-state index contributed by atoms with van der Waals surface area (Å²) in [5, 5.41) is 13.3. The van der Waals surface area contributed by atoms with Crippen LogP contribution in [0.15, 0.2) is 0 Å². The first-order valence-electron chi connectivity index (χ1n) is 10.7. The van der Waals surface area contributed by atoms with Crippen molar-refractivity contribution in [3.8, 4) is 0 Å². The molecule has 0 aromatic rings. The zero-order chi connectivity index (χ0) is 16.6. The molecule has 0 spiro atoms. The Morgan fingerprint density at radius 2 is 1.22 bits per heavy atom. The van der Waals surface area contributed by atoms with Gasteiger partial charge in [0.15, 0.2) is 0 Å². The van der Waals surface area contributed by atoms with E-state index in [2.05, 4.69) is 12.2 Å². The van der Waals surface area contributed by atoms with Crippen molar-refractivity contribution in [2.24, 2.45) is 5.92 Å². The van der Waals surface area contributed by atoms with Crippen molar-refractivity contribution < 1.29 is 5.11 Å². The lowest BCUT2D eigenvalue weighted by Crippen LogP contribution is -2.39. The molecule has 0 aromatic heterocycles. The zero-order valence-electron chi connectivity index (χ0n) is 15.8. The van der Waals surface area contributed by atoms with Gasteiger partial charge in [0.2, 0.25) is 0 Å². The molecule has 23 heavy (non-hydrogen) atoms. The smallest absolute Gasteiger partial charge is 0.0592 e. The SMILES string of the molecule is CCCCCCCCCCCCCCCCC1CNCCC1O. The van der Waals surface area contributed by atoms with Gasteiger partial charge in [-0.2, -0.15) is 0 Å². The molecule has 0 aromatic carbocycles. The predicted octanol–water partition coefficient (Wildman–Crippen LogP) is 5.83. The molecule has 2 N–H and O–H groups in total. The van der Waals surface area contributed by atoms with Crippen molar-refractivity contribution in [2.45, 2.75) is 116 Å². The molecule has 0 bridgehead atoms. The number of piperidine rings is 1. The maximum Gasteiger partial charge on any atom is 0.0592 e. The molecule has 138 valence electrons. The van der Waals surface area contributed by atoms with Crippen LogP contribution in [0, 0.1) is 5.92 Å². The summed E-state index contributed by atoms with van der Waals surface area (Å²) in [7, 11) is 0. The third-order valence-electron chi connectivity index (χ3n) is 5.50. The van der Waals surface area contributed by atoms with E-state index in [-0.39, 0.29) is 6.10 Å². The molecule has 1 rings (SSSR count). The van der Waals surface area contributed by atoms with E-state index >= 15 is 0 Å². The van der Waals surface area contributed by atoms with Gasteiger partial charge in [0.1, 0.15) is 0 Å². The van der Waals surface area contributed by atoms with E-state index in [1.165, 1.54) is 96.3 Å². The van der Waals surface area contributed by atoms with Gasteiger partial charge in [0, 0.05) is 6.54 Å². The van der Waals surface area contributed by atoms with Crippen LogP contribution in [0.4, 0.5) is 0 Å². The largest absolute Gasteiger partial charge is 0.393 e. The van der Waals surface area contributed by atoms with Crippen molar-refractivity contribution in [3.63, 3.8) is 0 Å². The fraction of sp³-hybridized carbons (Fsp3) is 1.00. The number of aliphatic hydroxyl groups is 1. The lowest BCUT2D eigenvalue weighted by Gasteiger charge is -2.28. The second kappa shape index (κ2) is 15.4. The monoisotopic (exact) mass is 325 g/mol. The van der Waals surface area contributed by atoms with E-state index in [0.29, 0.717) is 5.92 Å². The van der Waals surface area contributed by atoms with Gasteiger partial charge in [-0.3, -0.25) is 0 Å². The van der Waals surface area contributed by atoms with E-state index < -0.39 is 0 Å². The predicted molar refractivity (Wildman–Crippen MR) is 102 cm³/mol. The van der Waals surface area contributed by atoms with E-state index in [9.17, 15) is 5.11 Å². The topological polar surface area (TPSA) is 32.3 Å². The molecule has 0 amide bonds. The molecule has 2 atom stereocenters. The number of hydrogen-bond acceptors (Lipinski definition) is 2. The molecule has 2 nitrogen and oxygen atoms in total. The molecule has 1 heterocycles. The summed E-state index contributed by atoms with van der Waals surface area (Å²) in [5.41, 5.74) is 0. The quantitative estimate of drug-likeness (QED) is 0.371. The summed E-state index contributed by atoms with van der Waals surface area (Å²) in [6, 6.07) is 0. The average Bonchev–Trinajstić information content (AvgIpc) is 2.57. The van der Waals surface area contributed by atoms with Crippen molar-refractivity contribution in [1.82, 2.24) is 5.32 Å². The van der Waals surface area contributed by atoms with Gasteiger partial charge >= 0.3 is 0 Å². The van der Waals surface area contributed by atoms with Crippen LogP contribution in [0.2, 0.25) is 0 Å². The summed E-state index contributed by atoms with van der Waals surface area (Å²) in [6.45, 7) is 4.31. The third kappa shape index (κ3) is 12.0. The Morgan fingerprint density at radius 1 is 0.739 bits per heavy atom. The van der Waals surface area contributed by atoms with Crippen LogP contribution in [0.3, 0.4) is 0 Å². The normalized spacial score (nSPS) is 21.7. The van der Waals surface area contributed by atoms with Crippen LogP contribution >= 0.6 is 0 Å². The highest BCUT2D eigenvalue weighted by atomic mass is 16.3. The van der Waals surface area contributed by atoms with E-state index in [0.717, 1.165) is 19.5 Å². The van der Waals surface area contributed by atoms with Gasteiger partial charge in [-0.25, -0.2) is 0 Å². The Balaban J connectivity index is 1.73. The van der Waals surface area contributed by atoms with E-state index in [4.69, 9.17) is 0 Å². The summed E-state index contributed by atoms with van der Waals surface area (Å²) >= 11 is 0. The Morgan fingerprint density at radius 3 is 1.70 bits per heavy atom. The molecular weight excluding hydrogens is 282 g/mol. The maximum atomic E-state index is 9.93. The number of hydrogen-bond donors (Lipinski definition) is 2. The second-order valence-electron chi connectivity index (χ2n) is 7.71. The van der Waals surface area contributed by atoms with Crippen LogP contribution in [0.25, 0.3) is 0 Å². The molecule has 0 radical (unpaired) electrons. The van der Waals surface area contributed by atoms with Crippen LogP contribution in [-0.2, 0) is 0 Å². The summed E-state index contributed by atoms with van der Waals surface area (Å²) in [5.74, 6) is 0.515. The standard InChI is InChI=1S/C21H43NO/c1-2-3-4-5-6-7-8-9-10-11-12-13-14-15-16-20-19-22-18-17-21(20)23/h20-23H,2-19H2,1H3. The second-order valence-corrected chi connectivity index (χ2v) is 7.71. The maximum absolute atomic E-state index is 9.93. The highest BCUT2D eigenvalue weighted by molar-refractivity contribution is 4.77. The van der Waals surface area contributed by atoms with Crippen molar-refractivity contribution in [1.29, 1.82) is 0 Å². The minimum absolute atomic E-state index is 0.0433. The van der Waals surface area contributed by atoms with Crippen LogP contribution in [-0.4, -0.2) is 24.3 Å². The molecule has 1 aliphatic rings. The first-order valence-corrected chi connectivity index (χ1v) is 10.7. The molecule has 0 aliphatic carbocycles. The molecule has 2 heteroatoms. The first kappa shape index (κ1) is 21.0. The number of aliphatic hydroxyl groups excluding tert-OH is 1. The van der Waals surface area contributed by atoms with Gasteiger partial charge in [0.25, 0.3) is 0 Å².